The van der Waals surface area contributed by atoms with E-state index in [-0.39, 0.29) is 33.5 Å². The Morgan fingerprint density at radius 1 is 0.897 bits per heavy atom. The molecule has 3 rings (SSSR count). The van der Waals surface area contributed by atoms with Crippen LogP contribution in [0.2, 0.25) is 10.0 Å². The van der Waals surface area contributed by atoms with E-state index in [1.165, 1.54) is 12.1 Å². The van der Waals surface area contributed by atoms with E-state index in [2.05, 4.69) is 0 Å². The van der Waals surface area contributed by atoms with Crippen molar-refractivity contribution in [2.24, 2.45) is 0 Å². The minimum Gasteiger partial charge on any atom is -0.490 e. The molecule has 0 bridgehead atoms. The van der Waals surface area contributed by atoms with Crippen LogP contribution in [-0.2, 0) is 0 Å². The number of esters is 1. The Bertz CT molecular complexity index is 1010. The Kier molecular flexibility index (Phi) is 7.11. The predicted octanol–water partition coefficient (Wildman–Crippen LogP) is 5.48. The van der Waals surface area contributed by atoms with Crippen molar-refractivity contribution in [2.75, 3.05) is 13.2 Å². The van der Waals surface area contributed by atoms with E-state index >= 15 is 0 Å². The summed E-state index contributed by atoms with van der Waals surface area (Å²) in [6.45, 7) is 0.520. The van der Waals surface area contributed by atoms with Gasteiger partial charge in [0.2, 0.25) is 0 Å². The fourth-order valence-electron chi connectivity index (χ4n) is 2.51. The molecule has 0 spiro atoms. The van der Waals surface area contributed by atoms with Crippen LogP contribution in [0.1, 0.15) is 20.7 Å². The molecule has 0 radical (unpaired) electrons. The minimum atomic E-state index is -0.711. The van der Waals surface area contributed by atoms with Crippen molar-refractivity contribution in [2.45, 2.75) is 0 Å². The van der Waals surface area contributed by atoms with Gasteiger partial charge in [0.05, 0.1) is 10.6 Å². The van der Waals surface area contributed by atoms with Crippen LogP contribution in [0.25, 0.3) is 0 Å². The molecular formula is C22H16Cl2O5. The first kappa shape index (κ1) is 20.7. The highest BCUT2D eigenvalue weighted by Crippen LogP contribution is 2.32. The summed E-state index contributed by atoms with van der Waals surface area (Å²) in [5.74, 6) is 0.282. The van der Waals surface area contributed by atoms with Crippen LogP contribution >= 0.6 is 23.2 Å². The predicted molar refractivity (Wildman–Crippen MR) is 111 cm³/mol. The van der Waals surface area contributed by atoms with Gasteiger partial charge in [0.1, 0.15) is 30.3 Å². The lowest BCUT2D eigenvalue weighted by Gasteiger charge is -2.13. The molecule has 0 aliphatic heterocycles. The van der Waals surface area contributed by atoms with Gasteiger partial charge in [-0.25, -0.2) is 4.79 Å². The zero-order chi connectivity index (χ0) is 20.6. The molecule has 7 heteroatoms. The highest BCUT2D eigenvalue weighted by Gasteiger charge is 2.19. The lowest BCUT2D eigenvalue weighted by Crippen LogP contribution is -2.14. The summed E-state index contributed by atoms with van der Waals surface area (Å²) in [6, 6.07) is 18.7. The van der Waals surface area contributed by atoms with Crippen LogP contribution in [-0.4, -0.2) is 25.5 Å². The number of ether oxygens (including phenoxy) is 3. The maximum atomic E-state index is 12.7. The molecule has 0 N–H and O–H groups in total. The van der Waals surface area contributed by atoms with E-state index in [9.17, 15) is 9.59 Å². The Balaban J connectivity index is 1.68. The minimum absolute atomic E-state index is 0.0571. The second kappa shape index (κ2) is 9.96. The standard InChI is InChI=1S/C22H16Cl2O5/c23-16-12-15(14-25)21(19(24)13-16)29-22(26)18-8-4-5-9-20(18)28-11-10-27-17-6-2-1-3-7-17/h1-9,12-14H,10-11H2. The van der Waals surface area contributed by atoms with Gasteiger partial charge < -0.3 is 14.2 Å². The summed E-state index contributed by atoms with van der Waals surface area (Å²) in [5.41, 5.74) is 0.264. The zero-order valence-corrected chi connectivity index (χ0v) is 16.7. The Labute approximate surface area is 177 Å². The fraction of sp³-hybridized carbons (Fsp3) is 0.0909. The van der Waals surface area contributed by atoms with Crippen LogP contribution < -0.4 is 14.2 Å². The first-order chi connectivity index (χ1) is 14.1. The van der Waals surface area contributed by atoms with E-state index in [4.69, 9.17) is 37.4 Å². The van der Waals surface area contributed by atoms with Crippen molar-refractivity contribution in [1.29, 1.82) is 0 Å². The quantitative estimate of drug-likeness (QED) is 0.205. The molecule has 5 nitrogen and oxygen atoms in total. The SMILES string of the molecule is O=Cc1cc(Cl)cc(Cl)c1OC(=O)c1ccccc1OCCOc1ccccc1. The molecule has 0 saturated carbocycles. The molecule has 0 fully saturated rings. The number of benzene rings is 3. The van der Waals surface area contributed by atoms with E-state index in [0.717, 1.165) is 5.75 Å². The zero-order valence-electron chi connectivity index (χ0n) is 15.1. The first-order valence-electron chi connectivity index (χ1n) is 8.64. The van der Waals surface area contributed by atoms with Crippen LogP contribution in [0, 0.1) is 0 Å². The van der Waals surface area contributed by atoms with Gasteiger partial charge in [0.15, 0.2) is 12.0 Å². The molecule has 0 aromatic heterocycles. The smallest absolute Gasteiger partial charge is 0.347 e. The number of hydrogen-bond donors (Lipinski definition) is 0. The number of carbonyl (C=O) groups excluding carboxylic acids is 2. The molecule has 0 amide bonds. The first-order valence-corrected chi connectivity index (χ1v) is 9.40. The molecule has 0 aliphatic carbocycles. The second-order valence-corrected chi connectivity index (χ2v) is 6.66. The van der Waals surface area contributed by atoms with Gasteiger partial charge >= 0.3 is 5.97 Å². The van der Waals surface area contributed by atoms with Gasteiger partial charge in [-0.1, -0.05) is 53.5 Å². The van der Waals surface area contributed by atoms with Gasteiger partial charge in [0.25, 0.3) is 0 Å². The number of halogens is 2. The monoisotopic (exact) mass is 430 g/mol. The molecular weight excluding hydrogens is 415 g/mol. The second-order valence-electron chi connectivity index (χ2n) is 5.82. The Morgan fingerprint density at radius 3 is 2.34 bits per heavy atom. The molecule has 148 valence electrons. The van der Waals surface area contributed by atoms with E-state index in [1.54, 1.807) is 24.3 Å². The molecule has 0 atom stereocenters. The van der Waals surface area contributed by atoms with Crippen LogP contribution in [0.5, 0.6) is 17.2 Å². The van der Waals surface area contributed by atoms with E-state index in [0.29, 0.717) is 18.6 Å². The van der Waals surface area contributed by atoms with Crippen molar-refractivity contribution in [1.82, 2.24) is 0 Å². The molecule has 0 saturated heterocycles. The lowest BCUT2D eigenvalue weighted by atomic mass is 10.2. The number of carbonyl (C=O) groups is 2. The Morgan fingerprint density at radius 2 is 1.59 bits per heavy atom. The van der Waals surface area contributed by atoms with Crippen LogP contribution in [0.15, 0.2) is 66.7 Å². The van der Waals surface area contributed by atoms with Gasteiger partial charge in [-0.3, -0.25) is 4.79 Å². The van der Waals surface area contributed by atoms with Crippen molar-refractivity contribution < 1.29 is 23.8 Å². The molecule has 0 unspecified atom stereocenters. The fourth-order valence-corrected chi connectivity index (χ4v) is 3.06. The maximum Gasteiger partial charge on any atom is 0.347 e. The highest BCUT2D eigenvalue weighted by molar-refractivity contribution is 6.36. The molecule has 0 aliphatic rings. The van der Waals surface area contributed by atoms with Crippen molar-refractivity contribution in [3.63, 3.8) is 0 Å². The topological polar surface area (TPSA) is 61.8 Å². The number of para-hydroxylation sites is 2. The maximum absolute atomic E-state index is 12.7. The Hall–Kier alpha value is -3.02. The van der Waals surface area contributed by atoms with Crippen molar-refractivity contribution >= 4 is 35.5 Å². The van der Waals surface area contributed by atoms with E-state index in [1.807, 2.05) is 30.3 Å². The molecule has 3 aromatic rings. The lowest BCUT2D eigenvalue weighted by molar-refractivity contribution is 0.0728. The molecule has 3 aromatic carbocycles. The van der Waals surface area contributed by atoms with Gasteiger partial charge in [-0.05, 0) is 36.4 Å². The summed E-state index contributed by atoms with van der Waals surface area (Å²) < 4.78 is 16.6. The average molecular weight is 431 g/mol. The van der Waals surface area contributed by atoms with Gasteiger partial charge in [-0.2, -0.15) is 0 Å². The highest BCUT2D eigenvalue weighted by atomic mass is 35.5. The summed E-state index contributed by atoms with van der Waals surface area (Å²) in [4.78, 5) is 23.9. The summed E-state index contributed by atoms with van der Waals surface area (Å²) >= 11 is 12.0. The average Bonchev–Trinajstić information content (AvgIpc) is 2.74. The van der Waals surface area contributed by atoms with Gasteiger partial charge in [0, 0.05) is 5.02 Å². The van der Waals surface area contributed by atoms with Crippen LogP contribution in [0.3, 0.4) is 0 Å². The van der Waals surface area contributed by atoms with Crippen molar-refractivity contribution in [3.05, 3.63) is 87.9 Å². The number of aldehydes is 1. The number of rotatable bonds is 8. The third-order valence-corrected chi connectivity index (χ3v) is 4.32. The van der Waals surface area contributed by atoms with E-state index < -0.39 is 5.97 Å². The third kappa shape index (κ3) is 5.50. The normalized spacial score (nSPS) is 10.3. The molecule has 29 heavy (non-hydrogen) atoms. The summed E-state index contributed by atoms with van der Waals surface area (Å²) in [5, 5.41) is 0.321. The van der Waals surface area contributed by atoms with Crippen molar-refractivity contribution in [3.8, 4) is 17.2 Å². The number of hydrogen-bond acceptors (Lipinski definition) is 5. The van der Waals surface area contributed by atoms with Crippen LogP contribution in [0.4, 0.5) is 0 Å². The largest absolute Gasteiger partial charge is 0.490 e. The third-order valence-electron chi connectivity index (χ3n) is 3.82. The summed E-state index contributed by atoms with van der Waals surface area (Å²) in [7, 11) is 0. The molecule has 0 heterocycles. The van der Waals surface area contributed by atoms with Gasteiger partial charge in [-0.15, -0.1) is 0 Å². The summed E-state index contributed by atoms with van der Waals surface area (Å²) in [6.07, 6.45) is 0.518.